The van der Waals surface area contributed by atoms with Crippen LogP contribution in [0.1, 0.15) is 66.6 Å². The number of rotatable bonds is 17. The minimum atomic E-state index is -0.722. The predicted molar refractivity (Wildman–Crippen MR) is 199 cm³/mol. The third kappa shape index (κ3) is 9.82. The minimum absolute atomic E-state index is 0.000958. The van der Waals surface area contributed by atoms with E-state index in [-0.39, 0.29) is 49.6 Å². The van der Waals surface area contributed by atoms with Crippen LogP contribution in [0.25, 0.3) is 0 Å². The second-order valence-corrected chi connectivity index (χ2v) is 14.2. The Hall–Kier alpha value is -5.19. The lowest BCUT2D eigenvalue weighted by Gasteiger charge is -2.35. The molecule has 6 rings (SSSR count). The summed E-state index contributed by atoms with van der Waals surface area (Å²) >= 11 is 1.50. The fourth-order valence-corrected chi connectivity index (χ4v) is 7.53. The highest BCUT2D eigenvalue weighted by Gasteiger charge is 2.41. The first-order valence-corrected chi connectivity index (χ1v) is 18.9. The Kier molecular flexibility index (Phi) is 12.8. The van der Waals surface area contributed by atoms with Gasteiger partial charge >= 0.3 is 0 Å². The van der Waals surface area contributed by atoms with Gasteiger partial charge in [-0.1, -0.05) is 31.4 Å². The van der Waals surface area contributed by atoms with Crippen LogP contribution < -0.4 is 31.9 Å². The van der Waals surface area contributed by atoms with Crippen molar-refractivity contribution in [1.29, 1.82) is 0 Å². The first kappa shape index (κ1) is 37.6. The third-order valence-corrected chi connectivity index (χ3v) is 10.3. The summed E-state index contributed by atoms with van der Waals surface area (Å²) < 4.78 is 5.65. The molecule has 1 saturated carbocycles. The highest BCUT2D eigenvalue weighted by Crippen LogP contribution is 2.39. The SMILES string of the molecule is O=C1CCC(N2Cc3c(NC(=O)CNCCOCCN/C=C\NC(=O)C4(Cc5cccc(Nc6nccs6)n5)CCCCC4)cccc3C2=O)C(=O)N1. The lowest BCUT2D eigenvalue weighted by molar-refractivity contribution is -0.137. The summed E-state index contributed by atoms with van der Waals surface area (Å²) in [4.78, 5) is 73.5. The van der Waals surface area contributed by atoms with E-state index in [1.54, 1.807) is 36.8 Å². The van der Waals surface area contributed by atoms with E-state index < -0.39 is 17.4 Å². The summed E-state index contributed by atoms with van der Waals surface area (Å²) in [5.41, 5.74) is 1.95. The van der Waals surface area contributed by atoms with Crippen molar-refractivity contribution in [2.24, 2.45) is 5.41 Å². The van der Waals surface area contributed by atoms with Crippen molar-refractivity contribution in [3.8, 4) is 0 Å². The van der Waals surface area contributed by atoms with Crippen LogP contribution >= 0.6 is 11.3 Å². The van der Waals surface area contributed by atoms with E-state index in [0.29, 0.717) is 55.4 Å². The quantitative estimate of drug-likeness (QED) is 0.0879. The van der Waals surface area contributed by atoms with E-state index in [4.69, 9.17) is 9.72 Å². The van der Waals surface area contributed by atoms with Crippen LogP contribution in [0.3, 0.4) is 0 Å². The Morgan fingerprint density at radius 3 is 2.68 bits per heavy atom. The smallest absolute Gasteiger partial charge is 0.255 e. The molecule has 280 valence electrons. The van der Waals surface area contributed by atoms with Gasteiger partial charge in [0.15, 0.2) is 5.13 Å². The molecule has 2 aromatic heterocycles. The van der Waals surface area contributed by atoms with Crippen molar-refractivity contribution in [3.63, 3.8) is 0 Å². The Morgan fingerprint density at radius 1 is 1.04 bits per heavy atom. The van der Waals surface area contributed by atoms with Gasteiger partial charge < -0.3 is 36.2 Å². The van der Waals surface area contributed by atoms with Gasteiger partial charge in [0.1, 0.15) is 11.9 Å². The normalized spacial score (nSPS) is 18.1. The molecule has 6 N–H and O–H groups in total. The molecule has 15 nitrogen and oxygen atoms in total. The zero-order valence-electron chi connectivity index (χ0n) is 29.4. The van der Waals surface area contributed by atoms with E-state index >= 15 is 0 Å². The van der Waals surface area contributed by atoms with Gasteiger partial charge in [-0.05, 0) is 43.5 Å². The molecule has 1 saturated heterocycles. The number of hydrogen-bond donors (Lipinski definition) is 6. The summed E-state index contributed by atoms with van der Waals surface area (Å²) in [6.45, 7) is 2.03. The zero-order chi connectivity index (χ0) is 37.0. The summed E-state index contributed by atoms with van der Waals surface area (Å²) in [5.74, 6) is -0.680. The van der Waals surface area contributed by atoms with Gasteiger partial charge in [0.25, 0.3) is 5.91 Å². The average Bonchev–Trinajstić information content (AvgIpc) is 3.79. The molecule has 5 amide bonds. The maximum Gasteiger partial charge on any atom is 0.255 e. The van der Waals surface area contributed by atoms with E-state index in [9.17, 15) is 24.0 Å². The predicted octanol–water partition coefficient (Wildman–Crippen LogP) is 2.96. The molecule has 16 heteroatoms. The molecule has 53 heavy (non-hydrogen) atoms. The van der Waals surface area contributed by atoms with Gasteiger partial charge in [0.05, 0.1) is 25.2 Å². The number of pyridine rings is 1. The van der Waals surface area contributed by atoms with Crippen molar-refractivity contribution >= 4 is 57.5 Å². The first-order chi connectivity index (χ1) is 25.8. The maximum absolute atomic E-state index is 13.5. The highest BCUT2D eigenvalue weighted by molar-refractivity contribution is 7.13. The fraction of sp³-hybridized carbons (Fsp3) is 0.432. The van der Waals surface area contributed by atoms with Gasteiger partial charge in [-0.15, -0.1) is 11.3 Å². The molecule has 2 aliphatic heterocycles. The Bertz CT molecular complexity index is 1810. The Morgan fingerprint density at radius 2 is 1.87 bits per heavy atom. The number of fused-ring (bicyclic) bond motifs is 1. The molecular formula is C37H45N9O6S. The fourth-order valence-electron chi connectivity index (χ4n) is 6.99. The van der Waals surface area contributed by atoms with Gasteiger partial charge in [-0.2, -0.15) is 0 Å². The largest absolute Gasteiger partial charge is 0.387 e. The van der Waals surface area contributed by atoms with Crippen molar-refractivity contribution in [1.82, 2.24) is 36.1 Å². The molecule has 0 spiro atoms. The van der Waals surface area contributed by atoms with Crippen LogP contribution in [-0.4, -0.2) is 83.3 Å². The molecule has 1 unspecified atom stereocenters. The molecule has 1 atom stereocenters. The number of nitrogens with one attached hydrogen (secondary N) is 6. The lowest BCUT2D eigenvalue weighted by atomic mass is 9.70. The standard InChI is InChI=1S/C37H45N9O6S/c47-31-11-10-29(33(49)45-31)46-24-27-26(34(46)50)7-5-8-28(27)43-32(48)23-39-17-20-52-19-16-38-14-15-40-35(51)37(12-2-1-3-13-37)22-25-6-4-9-30(42-25)44-36-41-18-21-53-36/h4-9,14-15,18,21,29,38-39H,1-3,10-13,16-17,19-20,22-24H2,(H,40,51)(H,43,48)(H,41,42,44)(H,45,47,49)/b15-14-. The molecule has 2 fully saturated rings. The van der Waals surface area contributed by atoms with Crippen LogP contribution in [-0.2, 0) is 36.9 Å². The van der Waals surface area contributed by atoms with Crippen LogP contribution in [0.15, 0.2) is 60.4 Å². The molecule has 1 aliphatic carbocycles. The molecule has 1 aromatic carbocycles. The van der Waals surface area contributed by atoms with Gasteiger partial charge in [0.2, 0.25) is 23.6 Å². The van der Waals surface area contributed by atoms with E-state index in [2.05, 4.69) is 36.9 Å². The number of benzene rings is 1. The van der Waals surface area contributed by atoms with E-state index in [1.165, 1.54) is 16.2 Å². The molecule has 3 aliphatic rings. The highest BCUT2D eigenvalue weighted by atomic mass is 32.1. The molecular weight excluding hydrogens is 699 g/mol. The summed E-state index contributed by atoms with van der Waals surface area (Å²) in [6.07, 6.45) is 10.9. The molecule has 3 aromatic rings. The van der Waals surface area contributed by atoms with Crippen LogP contribution in [0.2, 0.25) is 0 Å². The Labute approximate surface area is 311 Å². The van der Waals surface area contributed by atoms with Gasteiger partial charge in [-0.25, -0.2) is 9.97 Å². The average molecular weight is 744 g/mol. The number of carbonyl (C=O) groups is 5. The number of amides is 5. The van der Waals surface area contributed by atoms with E-state index in [1.807, 2.05) is 23.6 Å². The second kappa shape index (κ2) is 18.0. The van der Waals surface area contributed by atoms with Crippen LogP contribution in [0.5, 0.6) is 0 Å². The number of aromatic nitrogens is 2. The van der Waals surface area contributed by atoms with Crippen molar-refractivity contribution in [3.05, 3.63) is 77.2 Å². The number of thiazole rings is 1. The molecule has 0 bridgehead atoms. The lowest BCUT2D eigenvalue weighted by Crippen LogP contribution is -2.52. The number of hydrogen-bond acceptors (Lipinski definition) is 12. The summed E-state index contributed by atoms with van der Waals surface area (Å²) in [7, 11) is 0. The number of anilines is 3. The first-order valence-electron chi connectivity index (χ1n) is 18.0. The molecule has 4 heterocycles. The molecule has 0 radical (unpaired) electrons. The second-order valence-electron chi connectivity index (χ2n) is 13.3. The van der Waals surface area contributed by atoms with Gasteiger partial charge in [-0.3, -0.25) is 29.3 Å². The van der Waals surface area contributed by atoms with E-state index in [0.717, 1.165) is 42.9 Å². The van der Waals surface area contributed by atoms with Crippen LogP contribution in [0, 0.1) is 5.41 Å². The maximum atomic E-state index is 13.5. The summed E-state index contributed by atoms with van der Waals surface area (Å²) in [5, 5.41) is 20.2. The van der Waals surface area contributed by atoms with Crippen molar-refractivity contribution < 1.29 is 28.7 Å². The summed E-state index contributed by atoms with van der Waals surface area (Å²) in [6, 6.07) is 10.2. The van der Waals surface area contributed by atoms with Crippen LogP contribution in [0.4, 0.5) is 16.6 Å². The third-order valence-electron chi connectivity index (χ3n) is 9.66. The number of piperidine rings is 1. The number of imide groups is 1. The van der Waals surface area contributed by atoms with Crippen molar-refractivity contribution in [2.45, 2.75) is 64.0 Å². The van der Waals surface area contributed by atoms with Gasteiger partial charge in [0, 0.05) is 79.0 Å². The number of carbonyl (C=O) groups excluding carboxylic acids is 5. The minimum Gasteiger partial charge on any atom is -0.387 e. The number of ether oxygens (including phenoxy) is 1. The Balaban J connectivity index is 0.856. The van der Waals surface area contributed by atoms with Crippen molar-refractivity contribution in [2.75, 3.05) is 43.5 Å². The topological polar surface area (TPSA) is 196 Å². The number of nitrogens with zero attached hydrogens (tertiary/aromatic N) is 3. The monoisotopic (exact) mass is 743 g/mol. The zero-order valence-corrected chi connectivity index (χ0v) is 30.3.